The van der Waals surface area contributed by atoms with Gasteiger partial charge in [-0.25, -0.2) is 4.39 Å². The first-order chi connectivity index (χ1) is 6.07. The van der Waals surface area contributed by atoms with E-state index in [-0.39, 0.29) is 11.4 Å². The van der Waals surface area contributed by atoms with Crippen molar-refractivity contribution >= 4 is 17.4 Å². The number of carbonyl (C=O) groups excluding carboxylic acids is 1. The molecule has 0 amide bonds. The van der Waals surface area contributed by atoms with Gasteiger partial charge in [0.05, 0.1) is 11.4 Å². The molecule has 13 heavy (non-hydrogen) atoms. The molecular weight excluding hydrogens is 195 g/mol. The fraction of sp³-hybridized carbons (Fsp3) is 0.222. The van der Waals surface area contributed by atoms with Crippen LogP contribution in [0.5, 0.6) is 5.75 Å². The fourth-order valence-electron chi connectivity index (χ4n) is 0.962. The molecule has 0 aliphatic carbocycles. The summed E-state index contributed by atoms with van der Waals surface area (Å²) in [4.78, 5) is 11.0. The highest BCUT2D eigenvalue weighted by Crippen LogP contribution is 2.24. The van der Waals surface area contributed by atoms with Gasteiger partial charge in [-0.15, -0.1) is 11.6 Å². The summed E-state index contributed by atoms with van der Waals surface area (Å²) in [6.07, 6.45) is 0. The van der Waals surface area contributed by atoms with Crippen LogP contribution in [0.4, 0.5) is 4.39 Å². The van der Waals surface area contributed by atoms with Crippen LogP contribution < -0.4 is 0 Å². The summed E-state index contributed by atoms with van der Waals surface area (Å²) < 4.78 is 13.0. The summed E-state index contributed by atoms with van der Waals surface area (Å²) >= 11 is 5.27. The van der Waals surface area contributed by atoms with E-state index in [4.69, 9.17) is 11.6 Å². The van der Waals surface area contributed by atoms with Crippen LogP contribution in [0.25, 0.3) is 0 Å². The molecule has 0 heterocycles. The summed E-state index contributed by atoms with van der Waals surface area (Å²) in [5.74, 6) is -2.14. The molecule has 0 atom stereocenters. The summed E-state index contributed by atoms with van der Waals surface area (Å²) in [6.45, 7) is 1.50. The Morgan fingerprint density at radius 1 is 1.62 bits per heavy atom. The van der Waals surface area contributed by atoms with Gasteiger partial charge < -0.3 is 5.11 Å². The summed E-state index contributed by atoms with van der Waals surface area (Å²) in [5.41, 5.74) is 0.224. The first-order valence-corrected chi connectivity index (χ1v) is 4.18. The molecule has 4 heteroatoms. The van der Waals surface area contributed by atoms with E-state index < -0.39 is 17.3 Å². The van der Waals surface area contributed by atoms with Crippen LogP contribution in [0.3, 0.4) is 0 Å². The number of alkyl halides is 1. The number of hydrogen-bond acceptors (Lipinski definition) is 2. The molecule has 0 bridgehead atoms. The van der Waals surface area contributed by atoms with Crippen molar-refractivity contribution in [1.82, 2.24) is 0 Å². The Morgan fingerprint density at radius 2 is 2.23 bits per heavy atom. The highest BCUT2D eigenvalue weighted by atomic mass is 35.5. The van der Waals surface area contributed by atoms with Crippen LogP contribution >= 0.6 is 11.6 Å². The molecule has 0 aliphatic rings. The minimum atomic E-state index is -0.768. The van der Waals surface area contributed by atoms with Gasteiger partial charge in [0.25, 0.3) is 0 Å². The number of carbonyl (C=O) groups is 1. The molecule has 0 spiro atoms. The topological polar surface area (TPSA) is 37.3 Å². The smallest absolute Gasteiger partial charge is 0.181 e. The van der Waals surface area contributed by atoms with E-state index in [1.165, 1.54) is 19.1 Å². The number of phenols is 1. The second kappa shape index (κ2) is 3.75. The van der Waals surface area contributed by atoms with Gasteiger partial charge in [0.1, 0.15) is 0 Å². The van der Waals surface area contributed by atoms with Crippen LogP contribution in [0.1, 0.15) is 15.9 Å². The zero-order chi connectivity index (χ0) is 10.0. The van der Waals surface area contributed by atoms with E-state index >= 15 is 0 Å². The van der Waals surface area contributed by atoms with E-state index in [2.05, 4.69) is 0 Å². The van der Waals surface area contributed by atoms with E-state index in [1.54, 1.807) is 0 Å². The number of phenolic OH excluding ortho intramolecular Hbond substituents is 1. The number of halogens is 2. The first-order valence-electron chi connectivity index (χ1n) is 3.65. The van der Waals surface area contributed by atoms with Gasteiger partial charge in [-0.2, -0.15) is 0 Å². The molecule has 0 saturated carbocycles. The molecule has 2 nitrogen and oxygen atoms in total. The second-order valence-electron chi connectivity index (χ2n) is 2.65. The van der Waals surface area contributed by atoms with Gasteiger partial charge in [-0.1, -0.05) is 6.07 Å². The maximum Gasteiger partial charge on any atom is 0.181 e. The fourth-order valence-corrected chi connectivity index (χ4v) is 1.11. The van der Waals surface area contributed by atoms with Crippen LogP contribution in [0, 0.1) is 12.7 Å². The quantitative estimate of drug-likeness (QED) is 0.590. The minimum Gasteiger partial charge on any atom is -0.504 e. The Kier molecular flexibility index (Phi) is 2.88. The third kappa shape index (κ3) is 1.80. The Balaban J connectivity index is 3.26. The minimum absolute atomic E-state index is 0.0712. The Labute approximate surface area is 80.0 Å². The van der Waals surface area contributed by atoms with Crippen LogP contribution in [-0.4, -0.2) is 16.8 Å². The van der Waals surface area contributed by atoms with Crippen molar-refractivity contribution in [1.29, 1.82) is 0 Å². The van der Waals surface area contributed by atoms with E-state index in [9.17, 15) is 14.3 Å². The van der Waals surface area contributed by atoms with Gasteiger partial charge in [0.15, 0.2) is 17.3 Å². The highest BCUT2D eigenvalue weighted by Gasteiger charge is 2.14. The lowest BCUT2D eigenvalue weighted by atomic mass is 10.1. The molecular formula is C9H8ClFO2. The summed E-state index contributed by atoms with van der Waals surface area (Å²) in [6, 6.07) is 2.79. The number of aryl methyl sites for hydroxylation is 1. The molecule has 0 aromatic heterocycles. The molecule has 0 fully saturated rings. The van der Waals surface area contributed by atoms with Crippen molar-refractivity contribution in [3.05, 3.63) is 29.1 Å². The lowest BCUT2D eigenvalue weighted by Crippen LogP contribution is -2.02. The second-order valence-corrected chi connectivity index (χ2v) is 2.92. The van der Waals surface area contributed by atoms with Gasteiger partial charge in [0.2, 0.25) is 0 Å². The number of hydrogen-bond donors (Lipinski definition) is 1. The predicted octanol–water partition coefficient (Wildman–Crippen LogP) is 2.26. The zero-order valence-electron chi connectivity index (χ0n) is 6.97. The lowest BCUT2D eigenvalue weighted by molar-refractivity contribution is 0.101. The Bertz CT molecular complexity index is 350. The number of Topliss-reactive ketones (excluding diaryl/α,β-unsaturated/α-hetero) is 1. The molecule has 70 valence electrons. The summed E-state index contributed by atoms with van der Waals surface area (Å²) in [5, 5.41) is 9.23. The van der Waals surface area contributed by atoms with Gasteiger partial charge >= 0.3 is 0 Å². The molecule has 0 saturated heterocycles. The van der Waals surface area contributed by atoms with Gasteiger partial charge in [-0.05, 0) is 18.6 Å². The maximum absolute atomic E-state index is 13.0. The van der Waals surface area contributed by atoms with Crippen molar-refractivity contribution in [2.24, 2.45) is 0 Å². The van der Waals surface area contributed by atoms with Gasteiger partial charge in [0, 0.05) is 0 Å². The largest absolute Gasteiger partial charge is 0.504 e. The highest BCUT2D eigenvalue weighted by molar-refractivity contribution is 6.30. The normalized spacial score (nSPS) is 10.1. The molecule has 1 aromatic carbocycles. The monoisotopic (exact) mass is 202 g/mol. The standard InChI is InChI=1S/C9H8ClFO2/c1-5-2-3-6(7(12)4-10)9(13)8(5)11/h2-3,13H,4H2,1H3. The van der Waals surface area contributed by atoms with Crippen LogP contribution in [0.2, 0.25) is 0 Å². The first kappa shape index (κ1) is 9.99. The summed E-state index contributed by atoms with van der Waals surface area (Å²) in [7, 11) is 0. The SMILES string of the molecule is Cc1ccc(C(=O)CCl)c(O)c1F. The van der Waals surface area contributed by atoms with Crippen molar-refractivity contribution < 1.29 is 14.3 Å². The van der Waals surface area contributed by atoms with Crippen molar-refractivity contribution in [3.8, 4) is 5.75 Å². The number of ketones is 1. The Morgan fingerprint density at radius 3 is 2.77 bits per heavy atom. The van der Waals surface area contributed by atoms with Crippen LogP contribution in [-0.2, 0) is 0 Å². The maximum atomic E-state index is 13.0. The van der Waals surface area contributed by atoms with E-state index in [0.29, 0.717) is 5.56 Å². The molecule has 1 rings (SSSR count). The third-order valence-corrected chi connectivity index (χ3v) is 1.97. The molecule has 0 radical (unpaired) electrons. The number of benzene rings is 1. The average molecular weight is 203 g/mol. The van der Waals surface area contributed by atoms with Gasteiger partial charge in [-0.3, -0.25) is 4.79 Å². The average Bonchev–Trinajstić information content (AvgIpc) is 2.13. The van der Waals surface area contributed by atoms with Crippen molar-refractivity contribution in [3.63, 3.8) is 0 Å². The zero-order valence-corrected chi connectivity index (χ0v) is 7.73. The molecule has 1 aromatic rings. The Hall–Kier alpha value is -1.09. The lowest BCUT2D eigenvalue weighted by Gasteiger charge is -2.04. The van der Waals surface area contributed by atoms with E-state index in [1.807, 2.05) is 0 Å². The van der Waals surface area contributed by atoms with E-state index in [0.717, 1.165) is 0 Å². The third-order valence-electron chi connectivity index (χ3n) is 1.73. The predicted molar refractivity (Wildman–Crippen MR) is 47.9 cm³/mol. The van der Waals surface area contributed by atoms with Crippen molar-refractivity contribution in [2.75, 3.05) is 5.88 Å². The van der Waals surface area contributed by atoms with Crippen molar-refractivity contribution in [2.45, 2.75) is 6.92 Å². The molecule has 1 N–H and O–H groups in total. The number of rotatable bonds is 2. The molecule has 0 unspecified atom stereocenters. The molecule has 0 aliphatic heterocycles. The number of aromatic hydroxyl groups is 1. The van der Waals surface area contributed by atoms with Crippen LogP contribution in [0.15, 0.2) is 12.1 Å².